The average molecular weight is 473 g/mol. The summed E-state index contributed by atoms with van der Waals surface area (Å²) in [5.41, 5.74) is 12.4. The van der Waals surface area contributed by atoms with Crippen LogP contribution in [0.15, 0.2) is 60.7 Å². The average Bonchev–Trinajstić information content (AvgIpc) is 2.80. The number of fused-ring (bicyclic) bond motifs is 7. The lowest BCUT2D eigenvalue weighted by Crippen LogP contribution is -2.16. The van der Waals surface area contributed by atoms with Crippen molar-refractivity contribution in [3.05, 3.63) is 71.8 Å². The van der Waals surface area contributed by atoms with E-state index in [9.17, 15) is 0 Å². The molecule has 166 valence electrons. The van der Waals surface area contributed by atoms with Crippen LogP contribution in [0.1, 0.15) is 11.1 Å². The van der Waals surface area contributed by atoms with Gasteiger partial charge in [-0.1, -0.05) is 99.7 Å². The van der Waals surface area contributed by atoms with E-state index in [0.717, 1.165) is 44.0 Å². The Bertz CT molecular complexity index is 1600. The first-order chi connectivity index (χ1) is 16.1. The zero-order valence-electron chi connectivity index (χ0n) is 20.7. The van der Waals surface area contributed by atoms with Crippen LogP contribution in [-0.4, -0.2) is 26.1 Å². The molecule has 1 heterocycles. The molecule has 0 spiro atoms. The van der Waals surface area contributed by atoms with E-state index >= 15 is 0 Å². The van der Waals surface area contributed by atoms with E-state index in [1.54, 1.807) is 0 Å². The van der Waals surface area contributed by atoms with E-state index in [1.165, 1.54) is 10.8 Å². The Morgan fingerprint density at radius 3 is 1.18 bits per heavy atom. The molecule has 5 rings (SSSR count). The molecule has 0 bridgehead atoms. The molecule has 1 aromatic heterocycles. The predicted octanol–water partition coefficient (Wildman–Crippen LogP) is 7.55. The summed E-state index contributed by atoms with van der Waals surface area (Å²) in [6, 6.07) is 21.1. The summed E-state index contributed by atoms with van der Waals surface area (Å²) >= 11 is 0. The highest BCUT2D eigenvalue weighted by Gasteiger charge is 2.16. The van der Waals surface area contributed by atoms with Gasteiger partial charge in [0, 0.05) is 10.8 Å². The molecular formula is C30H28N2Si2. The number of benzene rings is 4. The molecule has 0 radical (unpaired) electrons. The highest BCUT2D eigenvalue weighted by molar-refractivity contribution is 6.84. The molecular weight excluding hydrogens is 445 g/mol. The quantitative estimate of drug-likeness (QED) is 0.101. The van der Waals surface area contributed by atoms with E-state index in [1.807, 2.05) is 0 Å². The second kappa shape index (κ2) is 8.10. The van der Waals surface area contributed by atoms with Crippen molar-refractivity contribution in [2.45, 2.75) is 39.3 Å². The third-order valence-electron chi connectivity index (χ3n) is 5.62. The molecule has 0 saturated heterocycles. The van der Waals surface area contributed by atoms with Crippen LogP contribution in [0.2, 0.25) is 39.3 Å². The molecule has 2 nitrogen and oxygen atoms in total. The number of nitrogens with zero attached hydrogens (tertiary/aromatic N) is 2. The normalized spacial score (nSPS) is 11.9. The Kier molecular flexibility index (Phi) is 5.32. The number of hydrogen-bond donors (Lipinski definition) is 0. The van der Waals surface area contributed by atoms with Crippen LogP contribution in [0.5, 0.6) is 0 Å². The molecule has 4 heteroatoms. The molecule has 0 N–H and O–H groups in total. The minimum Gasteiger partial charge on any atom is -0.242 e. The van der Waals surface area contributed by atoms with Gasteiger partial charge in [-0.3, -0.25) is 0 Å². The smallest absolute Gasteiger partial charge is 0.129 e. The van der Waals surface area contributed by atoms with Crippen LogP contribution in [0, 0.1) is 22.9 Å². The summed E-state index contributed by atoms with van der Waals surface area (Å²) in [5.74, 6) is 6.89. The Hall–Kier alpha value is -3.45. The zero-order chi connectivity index (χ0) is 24.1. The maximum absolute atomic E-state index is 5.26. The maximum Gasteiger partial charge on any atom is 0.129 e. The van der Waals surface area contributed by atoms with E-state index in [-0.39, 0.29) is 0 Å². The first-order valence-electron chi connectivity index (χ1n) is 11.7. The van der Waals surface area contributed by atoms with Crippen molar-refractivity contribution < 1.29 is 0 Å². The summed E-state index contributed by atoms with van der Waals surface area (Å²) in [6.45, 7) is 13.6. The molecule has 0 fully saturated rings. The van der Waals surface area contributed by atoms with E-state index < -0.39 is 16.1 Å². The molecule has 0 amide bonds. The lowest BCUT2D eigenvalue weighted by molar-refractivity contribution is 1.40. The SMILES string of the molecule is C[Si](C)(C)C#Cc1ccc(C#C[Si](C)(C)C)c2nc3c4ccccc4c4ccccc4c3nc12. The van der Waals surface area contributed by atoms with Gasteiger partial charge in [-0.05, 0) is 22.9 Å². The van der Waals surface area contributed by atoms with Crippen molar-refractivity contribution in [2.75, 3.05) is 0 Å². The molecule has 0 atom stereocenters. The summed E-state index contributed by atoms with van der Waals surface area (Å²) in [6.07, 6.45) is 0. The van der Waals surface area contributed by atoms with E-state index in [2.05, 4.69) is 123 Å². The van der Waals surface area contributed by atoms with E-state index in [4.69, 9.17) is 9.97 Å². The second-order valence-corrected chi connectivity index (χ2v) is 20.4. The van der Waals surface area contributed by atoms with Crippen LogP contribution in [0.3, 0.4) is 0 Å². The third-order valence-corrected chi connectivity index (χ3v) is 7.37. The maximum atomic E-state index is 5.26. The Labute approximate surface area is 203 Å². The molecule has 0 aliphatic heterocycles. The highest BCUT2D eigenvalue weighted by Crippen LogP contribution is 2.34. The van der Waals surface area contributed by atoms with Crippen molar-refractivity contribution >= 4 is 59.8 Å². The largest absolute Gasteiger partial charge is 0.242 e. The van der Waals surface area contributed by atoms with Gasteiger partial charge in [0.1, 0.15) is 27.2 Å². The molecule has 0 unspecified atom stereocenters. The zero-order valence-corrected chi connectivity index (χ0v) is 22.7. The topological polar surface area (TPSA) is 25.8 Å². The van der Waals surface area contributed by atoms with Crippen molar-refractivity contribution in [3.63, 3.8) is 0 Å². The van der Waals surface area contributed by atoms with Crippen molar-refractivity contribution in [3.8, 4) is 22.9 Å². The number of rotatable bonds is 0. The minimum atomic E-state index is -1.55. The van der Waals surface area contributed by atoms with Crippen LogP contribution < -0.4 is 0 Å². The van der Waals surface area contributed by atoms with Gasteiger partial charge in [0.25, 0.3) is 0 Å². The minimum absolute atomic E-state index is 0.848. The number of aromatic nitrogens is 2. The highest BCUT2D eigenvalue weighted by atomic mass is 28.3. The molecule has 34 heavy (non-hydrogen) atoms. The standard InChI is InChI=1S/C30H28N2Si2/c1-33(2,3)19-17-21-15-16-22(18-20-34(4,5)6)28-27(21)31-29-25-13-9-7-11-23(25)24-12-8-10-14-26(24)30(29)32-28/h7-16H,1-6H3. The Balaban J connectivity index is 1.97. The first kappa shape index (κ1) is 22.4. The van der Waals surface area contributed by atoms with Gasteiger partial charge in [0.15, 0.2) is 0 Å². The lowest BCUT2D eigenvalue weighted by Gasteiger charge is -2.12. The summed E-state index contributed by atoms with van der Waals surface area (Å²) in [7, 11) is -3.09. The molecule has 4 aromatic carbocycles. The van der Waals surface area contributed by atoms with E-state index in [0.29, 0.717) is 0 Å². The second-order valence-electron chi connectivity index (χ2n) is 10.9. The fourth-order valence-corrected chi connectivity index (χ4v) is 5.09. The fourth-order valence-electron chi connectivity index (χ4n) is 4.07. The lowest BCUT2D eigenvalue weighted by atomic mass is 9.99. The van der Waals surface area contributed by atoms with Crippen molar-refractivity contribution in [1.82, 2.24) is 9.97 Å². The molecule has 0 aliphatic rings. The fraction of sp³-hybridized carbons (Fsp3) is 0.200. The van der Waals surface area contributed by atoms with Gasteiger partial charge in [0.05, 0.1) is 22.2 Å². The van der Waals surface area contributed by atoms with Gasteiger partial charge in [-0.2, -0.15) is 0 Å². The summed E-state index contributed by atoms with van der Waals surface area (Å²) in [4.78, 5) is 10.5. The van der Waals surface area contributed by atoms with Crippen LogP contribution in [0.25, 0.3) is 43.6 Å². The van der Waals surface area contributed by atoms with Crippen molar-refractivity contribution in [2.24, 2.45) is 0 Å². The van der Waals surface area contributed by atoms with Gasteiger partial charge in [0.2, 0.25) is 0 Å². The number of hydrogen-bond acceptors (Lipinski definition) is 2. The molecule has 0 saturated carbocycles. The Morgan fingerprint density at radius 1 is 0.471 bits per heavy atom. The van der Waals surface area contributed by atoms with Gasteiger partial charge in [-0.15, -0.1) is 11.1 Å². The van der Waals surface area contributed by atoms with Gasteiger partial charge in [-0.25, -0.2) is 9.97 Å². The van der Waals surface area contributed by atoms with Gasteiger partial charge >= 0.3 is 0 Å². The predicted molar refractivity (Wildman–Crippen MR) is 153 cm³/mol. The Morgan fingerprint density at radius 2 is 0.824 bits per heavy atom. The third kappa shape index (κ3) is 4.23. The summed E-state index contributed by atoms with van der Waals surface area (Å²) < 4.78 is 0. The molecule has 5 aromatic rings. The monoisotopic (exact) mass is 472 g/mol. The van der Waals surface area contributed by atoms with Crippen LogP contribution in [0.4, 0.5) is 0 Å². The molecule has 0 aliphatic carbocycles. The van der Waals surface area contributed by atoms with Crippen molar-refractivity contribution in [1.29, 1.82) is 0 Å². The van der Waals surface area contributed by atoms with Crippen LogP contribution in [-0.2, 0) is 0 Å². The first-order valence-corrected chi connectivity index (χ1v) is 18.7. The summed E-state index contributed by atoms with van der Waals surface area (Å²) in [5, 5.41) is 4.63. The van der Waals surface area contributed by atoms with Crippen LogP contribution >= 0.6 is 0 Å². The van der Waals surface area contributed by atoms with Gasteiger partial charge < -0.3 is 0 Å².